The van der Waals surface area contributed by atoms with E-state index in [2.05, 4.69) is 48.0 Å². The van der Waals surface area contributed by atoms with Gasteiger partial charge >= 0.3 is 0 Å². The van der Waals surface area contributed by atoms with Crippen molar-refractivity contribution in [2.24, 2.45) is 0 Å². The second-order valence-electron chi connectivity index (χ2n) is 4.64. The number of rotatable bonds is 6. The Kier molecular flexibility index (Phi) is 11.5. The van der Waals surface area contributed by atoms with E-state index in [1.54, 1.807) is 7.11 Å². The van der Waals surface area contributed by atoms with E-state index < -0.39 is 0 Å². The van der Waals surface area contributed by atoms with Gasteiger partial charge in [0.25, 0.3) is 0 Å². The molecule has 0 aliphatic carbocycles. The monoisotopic (exact) mass is 306 g/mol. The SMILES string of the molecule is CC.CC.CCN(CCOC)Cc1[nH]c2ccccc2c1C. The van der Waals surface area contributed by atoms with Gasteiger partial charge in [-0.15, -0.1) is 0 Å². The molecule has 2 aromatic rings. The highest BCUT2D eigenvalue weighted by molar-refractivity contribution is 5.84. The van der Waals surface area contributed by atoms with E-state index in [0.717, 1.165) is 26.2 Å². The molecule has 22 heavy (non-hydrogen) atoms. The minimum atomic E-state index is 0.785. The molecule has 0 fully saturated rings. The molecule has 126 valence electrons. The van der Waals surface area contributed by atoms with Crippen LogP contribution < -0.4 is 0 Å². The second-order valence-corrected chi connectivity index (χ2v) is 4.64. The Morgan fingerprint density at radius 2 is 1.73 bits per heavy atom. The molecule has 0 atom stereocenters. The quantitative estimate of drug-likeness (QED) is 0.813. The van der Waals surface area contributed by atoms with Gasteiger partial charge in [0, 0.05) is 36.8 Å². The first kappa shape index (κ1) is 20.7. The zero-order valence-electron chi connectivity index (χ0n) is 15.5. The second kappa shape index (κ2) is 12.2. The third-order valence-corrected chi connectivity index (χ3v) is 3.51. The highest BCUT2D eigenvalue weighted by atomic mass is 16.5. The number of aryl methyl sites for hydroxylation is 1. The van der Waals surface area contributed by atoms with Crippen molar-refractivity contribution in [2.75, 3.05) is 26.8 Å². The minimum absolute atomic E-state index is 0.785. The maximum Gasteiger partial charge on any atom is 0.0589 e. The van der Waals surface area contributed by atoms with Gasteiger partial charge in [-0.1, -0.05) is 52.8 Å². The summed E-state index contributed by atoms with van der Waals surface area (Å²) in [4.78, 5) is 5.91. The van der Waals surface area contributed by atoms with Crippen molar-refractivity contribution in [2.45, 2.75) is 48.1 Å². The van der Waals surface area contributed by atoms with Gasteiger partial charge in [-0.2, -0.15) is 0 Å². The summed E-state index contributed by atoms with van der Waals surface area (Å²) in [5.41, 5.74) is 3.91. The molecule has 0 unspecified atom stereocenters. The van der Waals surface area contributed by atoms with Crippen molar-refractivity contribution in [3.63, 3.8) is 0 Å². The van der Waals surface area contributed by atoms with Crippen molar-refractivity contribution >= 4 is 10.9 Å². The van der Waals surface area contributed by atoms with E-state index in [-0.39, 0.29) is 0 Å². The highest BCUT2D eigenvalue weighted by Crippen LogP contribution is 2.22. The Balaban J connectivity index is 0.00000102. The number of hydrogen-bond donors (Lipinski definition) is 1. The van der Waals surface area contributed by atoms with E-state index in [0.29, 0.717) is 0 Å². The first-order valence-corrected chi connectivity index (χ1v) is 8.53. The van der Waals surface area contributed by atoms with Crippen LogP contribution in [-0.4, -0.2) is 36.7 Å². The Hall–Kier alpha value is -1.32. The normalized spacial score (nSPS) is 10.0. The van der Waals surface area contributed by atoms with Crippen molar-refractivity contribution in [1.29, 1.82) is 0 Å². The topological polar surface area (TPSA) is 28.3 Å². The van der Waals surface area contributed by atoms with Crippen molar-refractivity contribution in [1.82, 2.24) is 9.88 Å². The Morgan fingerprint density at radius 1 is 1.09 bits per heavy atom. The first-order chi connectivity index (χ1) is 10.8. The molecule has 0 amide bonds. The van der Waals surface area contributed by atoms with Crippen LogP contribution in [0.4, 0.5) is 0 Å². The van der Waals surface area contributed by atoms with Crippen LogP contribution in [0.1, 0.15) is 45.9 Å². The summed E-state index contributed by atoms with van der Waals surface area (Å²) >= 11 is 0. The van der Waals surface area contributed by atoms with E-state index in [9.17, 15) is 0 Å². The first-order valence-electron chi connectivity index (χ1n) is 8.53. The van der Waals surface area contributed by atoms with Gasteiger partial charge in [0.2, 0.25) is 0 Å². The fourth-order valence-electron chi connectivity index (χ4n) is 2.29. The zero-order valence-corrected chi connectivity index (χ0v) is 15.5. The van der Waals surface area contributed by atoms with Crippen LogP contribution in [0, 0.1) is 6.92 Å². The summed E-state index contributed by atoms with van der Waals surface area (Å²) in [5, 5.41) is 1.33. The molecular weight excluding hydrogens is 272 g/mol. The molecule has 3 nitrogen and oxygen atoms in total. The van der Waals surface area contributed by atoms with Gasteiger partial charge in [0.1, 0.15) is 0 Å². The number of nitrogens with zero attached hydrogens (tertiary/aromatic N) is 1. The van der Waals surface area contributed by atoms with Crippen LogP contribution >= 0.6 is 0 Å². The number of aromatic nitrogens is 1. The third-order valence-electron chi connectivity index (χ3n) is 3.51. The Labute approximate surface area is 136 Å². The molecule has 2 rings (SSSR count). The fraction of sp³-hybridized carbons (Fsp3) is 0.579. The van der Waals surface area contributed by atoms with Gasteiger partial charge in [-0.3, -0.25) is 4.90 Å². The zero-order chi connectivity index (χ0) is 17.0. The van der Waals surface area contributed by atoms with Crippen LogP contribution in [0.15, 0.2) is 24.3 Å². The molecule has 1 aromatic heterocycles. The lowest BCUT2D eigenvalue weighted by molar-refractivity contribution is 0.147. The minimum Gasteiger partial charge on any atom is -0.383 e. The summed E-state index contributed by atoms with van der Waals surface area (Å²) in [7, 11) is 1.75. The van der Waals surface area contributed by atoms with E-state index in [4.69, 9.17) is 4.74 Å². The number of para-hydroxylation sites is 1. The molecule has 3 heteroatoms. The maximum absolute atomic E-state index is 5.15. The number of likely N-dealkylation sites (N-methyl/N-ethyl adjacent to an activating group) is 1. The van der Waals surface area contributed by atoms with Crippen LogP contribution in [-0.2, 0) is 11.3 Å². The van der Waals surface area contributed by atoms with Crippen LogP contribution in [0.2, 0.25) is 0 Å². The Bertz CT molecular complexity index is 505. The predicted octanol–water partition coefficient (Wildman–Crippen LogP) is 5.00. The van der Waals surface area contributed by atoms with Gasteiger partial charge in [-0.25, -0.2) is 0 Å². The highest BCUT2D eigenvalue weighted by Gasteiger charge is 2.10. The number of methoxy groups -OCH3 is 1. The number of ether oxygens (including phenoxy) is 1. The summed E-state index contributed by atoms with van der Waals surface area (Å²) in [6.45, 7) is 16.1. The summed E-state index contributed by atoms with van der Waals surface area (Å²) in [5.74, 6) is 0. The number of nitrogens with one attached hydrogen (secondary N) is 1. The number of fused-ring (bicyclic) bond motifs is 1. The average Bonchev–Trinajstić information content (AvgIpc) is 2.91. The van der Waals surface area contributed by atoms with Crippen LogP contribution in [0.3, 0.4) is 0 Å². The van der Waals surface area contributed by atoms with Gasteiger partial charge in [0.05, 0.1) is 6.61 Å². The molecular formula is C19H34N2O. The maximum atomic E-state index is 5.15. The van der Waals surface area contributed by atoms with Crippen molar-refractivity contribution in [3.8, 4) is 0 Å². The molecule has 1 aromatic carbocycles. The lowest BCUT2D eigenvalue weighted by atomic mass is 10.1. The standard InChI is InChI=1S/C15H22N2O.2C2H6/c1-4-17(9-10-18-3)11-15-12(2)13-7-5-6-8-14(13)16-15;2*1-2/h5-8,16H,4,9-11H2,1-3H3;2*1-2H3. The third kappa shape index (κ3) is 5.82. The summed E-state index contributed by atoms with van der Waals surface area (Å²) < 4.78 is 5.15. The molecule has 0 aliphatic heterocycles. The number of H-pyrrole nitrogens is 1. The van der Waals surface area contributed by atoms with Crippen LogP contribution in [0.25, 0.3) is 10.9 Å². The smallest absolute Gasteiger partial charge is 0.0589 e. The molecule has 0 radical (unpaired) electrons. The lowest BCUT2D eigenvalue weighted by Crippen LogP contribution is -2.27. The lowest BCUT2D eigenvalue weighted by Gasteiger charge is -2.19. The van der Waals surface area contributed by atoms with E-state index in [1.165, 1.54) is 22.2 Å². The largest absolute Gasteiger partial charge is 0.383 e. The van der Waals surface area contributed by atoms with E-state index >= 15 is 0 Å². The molecule has 0 bridgehead atoms. The van der Waals surface area contributed by atoms with Crippen molar-refractivity contribution < 1.29 is 4.74 Å². The molecule has 0 spiro atoms. The molecule has 1 N–H and O–H groups in total. The van der Waals surface area contributed by atoms with Gasteiger partial charge in [-0.05, 0) is 25.1 Å². The summed E-state index contributed by atoms with van der Waals surface area (Å²) in [6.07, 6.45) is 0. The van der Waals surface area contributed by atoms with Gasteiger partial charge < -0.3 is 9.72 Å². The summed E-state index contributed by atoms with van der Waals surface area (Å²) in [6, 6.07) is 8.48. The van der Waals surface area contributed by atoms with Crippen molar-refractivity contribution in [3.05, 3.63) is 35.5 Å². The number of aromatic amines is 1. The molecule has 0 aliphatic rings. The number of benzene rings is 1. The predicted molar refractivity (Wildman–Crippen MR) is 98.6 cm³/mol. The molecule has 0 saturated carbocycles. The Morgan fingerprint density at radius 3 is 2.27 bits per heavy atom. The van der Waals surface area contributed by atoms with Crippen LogP contribution in [0.5, 0.6) is 0 Å². The van der Waals surface area contributed by atoms with E-state index in [1.807, 2.05) is 27.7 Å². The van der Waals surface area contributed by atoms with Gasteiger partial charge in [0.15, 0.2) is 0 Å². The molecule has 1 heterocycles. The number of hydrogen-bond acceptors (Lipinski definition) is 2. The average molecular weight is 306 g/mol. The fourth-order valence-corrected chi connectivity index (χ4v) is 2.29. The molecule has 0 saturated heterocycles.